The second kappa shape index (κ2) is 6.26. The maximum atomic E-state index is 2.36. The average Bonchev–Trinajstić information content (AvgIpc) is 2.41. The molecule has 0 aromatic heterocycles. The zero-order valence-electron chi connectivity index (χ0n) is 13.4. The van der Waals surface area contributed by atoms with Crippen molar-refractivity contribution >= 4 is 0 Å². The highest BCUT2D eigenvalue weighted by molar-refractivity contribution is 5.41. The molecule has 0 saturated heterocycles. The molecule has 0 nitrogen and oxygen atoms in total. The third kappa shape index (κ3) is 3.12. The van der Waals surface area contributed by atoms with E-state index >= 15 is 0 Å². The quantitative estimate of drug-likeness (QED) is 0.645. The van der Waals surface area contributed by atoms with Crippen molar-refractivity contribution in [2.45, 2.75) is 46.5 Å². The highest BCUT2D eigenvalue weighted by atomic mass is 14.3. The SMILES string of the molecule is Cc1ccc(C(c2ccccc2)C(C)C)c(C(C)C)c1. The summed E-state index contributed by atoms with van der Waals surface area (Å²) in [5, 5.41) is 0. The third-order valence-electron chi connectivity index (χ3n) is 4.02. The Balaban J connectivity index is 2.56. The van der Waals surface area contributed by atoms with Gasteiger partial charge < -0.3 is 0 Å². The molecule has 106 valence electrons. The van der Waals surface area contributed by atoms with Gasteiger partial charge in [-0.05, 0) is 35.4 Å². The van der Waals surface area contributed by atoms with Crippen LogP contribution in [-0.2, 0) is 0 Å². The van der Waals surface area contributed by atoms with Gasteiger partial charge in [-0.3, -0.25) is 0 Å². The van der Waals surface area contributed by atoms with Crippen LogP contribution in [0.4, 0.5) is 0 Å². The number of aryl methyl sites for hydroxylation is 1. The highest BCUT2D eigenvalue weighted by Gasteiger charge is 2.21. The van der Waals surface area contributed by atoms with Crippen LogP contribution in [0.25, 0.3) is 0 Å². The van der Waals surface area contributed by atoms with E-state index < -0.39 is 0 Å². The number of benzene rings is 2. The molecule has 2 aromatic carbocycles. The molecule has 20 heavy (non-hydrogen) atoms. The molecule has 0 saturated carbocycles. The molecule has 0 bridgehead atoms. The predicted molar refractivity (Wildman–Crippen MR) is 88.4 cm³/mol. The van der Waals surface area contributed by atoms with Crippen molar-refractivity contribution < 1.29 is 0 Å². The molecular formula is C20H26. The molecule has 0 fully saturated rings. The molecule has 0 heteroatoms. The second-order valence-electron chi connectivity index (χ2n) is 6.42. The van der Waals surface area contributed by atoms with E-state index in [1.54, 1.807) is 0 Å². The minimum absolute atomic E-state index is 0.481. The Morgan fingerprint density at radius 1 is 0.750 bits per heavy atom. The van der Waals surface area contributed by atoms with E-state index in [-0.39, 0.29) is 0 Å². The minimum Gasteiger partial charge on any atom is -0.0622 e. The summed E-state index contributed by atoms with van der Waals surface area (Å²) in [7, 11) is 0. The fourth-order valence-corrected chi connectivity index (χ4v) is 3.06. The predicted octanol–water partition coefficient (Wildman–Crippen LogP) is 5.91. The van der Waals surface area contributed by atoms with E-state index in [2.05, 4.69) is 83.1 Å². The van der Waals surface area contributed by atoms with Gasteiger partial charge in [-0.1, -0.05) is 81.8 Å². The Bertz CT molecular complexity index is 550. The Kier molecular flexibility index (Phi) is 4.65. The Morgan fingerprint density at radius 2 is 1.40 bits per heavy atom. The van der Waals surface area contributed by atoms with Gasteiger partial charge in [0.25, 0.3) is 0 Å². The van der Waals surface area contributed by atoms with Crippen molar-refractivity contribution in [2.75, 3.05) is 0 Å². The van der Waals surface area contributed by atoms with Crippen molar-refractivity contribution in [1.82, 2.24) is 0 Å². The molecule has 0 aliphatic rings. The lowest BCUT2D eigenvalue weighted by molar-refractivity contribution is 0.557. The van der Waals surface area contributed by atoms with E-state index in [0.717, 1.165) is 0 Å². The van der Waals surface area contributed by atoms with Crippen LogP contribution in [0.3, 0.4) is 0 Å². The van der Waals surface area contributed by atoms with Gasteiger partial charge in [-0.25, -0.2) is 0 Å². The van der Waals surface area contributed by atoms with Gasteiger partial charge >= 0.3 is 0 Å². The lowest BCUT2D eigenvalue weighted by Gasteiger charge is -2.26. The molecule has 0 aliphatic carbocycles. The lowest BCUT2D eigenvalue weighted by atomic mass is 9.78. The van der Waals surface area contributed by atoms with Crippen LogP contribution in [0.5, 0.6) is 0 Å². The molecule has 0 N–H and O–H groups in total. The van der Waals surface area contributed by atoms with Crippen LogP contribution in [0.1, 0.15) is 61.8 Å². The Hall–Kier alpha value is -1.56. The van der Waals surface area contributed by atoms with E-state index in [1.807, 2.05) is 0 Å². The summed E-state index contributed by atoms with van der Waals surface area (Å²) in [6.07, 6.45) is 0. The normalized spacial score (nSPS) is 12.9. The summed E-state index contributed by atoms with van der Waals surface area (Å²) in [5.74, 6) is 1.64. The van der Waals surface area contributed by atoms with Crippen LogP contribution < -0.4 is 0 Å². The maximum absolute atomic E-state index is 2.36. The molecule has 1 atom stereocenters. The van der Waals surface area contributed by atoms with Crippen molar-refractivity contribution in [1.29, 1.82) is 0 Å². The monoisotopic (exact) mass is 266 g/mol. The van der Waals surface area contributed by atoms with Crippen LogP contribution in [0.2, 0.25) is 0 Å². The zero-order valence-corrected chi connectivity index (χ0v) is 13.4. The topological polar surface area (TPSA) is 0 Å². The summed E-state index contributed by atoms with van der Waals surface area (Å²) in [5.41, 5.74) is 5.76. The lowest BCUT2D eigenvalue weighted by Crippen LogP contribution is -2.12. The third-order valence-corrected chi connectivity index (χ3v) is 4.02. The summed E-state index contributed by atoms with van der Waals surface area (Å²) in [4.78, 5) is 0. The molecular weight excluding hydrogens is 240 g/mol. The Labute approximate surface area is 123 Å². The molecule has 1 unspecified atom stereocenters. The van der Waals surface area contributed by atoms with Gasteiger partial charge in [-0.2, -0.15) is 0 Å². The number of hydrogen-bond donors (Lipinski definition) is 0. The number of hydrogen-bond acceptors (Lipinski definition) is 0. The summed E-state index contributed by atoms with van der Waals surface area (Å²) in [6, 6.07) is 17.9. The largest absolute Gasteiger partial charge is 0.0622 e. The van der Waals surface area contributed by atoms with Crippen LogP contribution >= 0.6 is 0 Å². The zero-order chi connectivity index (χ0) is 14.7. The Morgan fingerprint density at radius 3 is 1.95 bits per heavy atom. The van der Waals surface area contributed by atoms with Gasteiger partial charge in [-0.15, -0.1) is 0 Å². The van der Waals surface area contributed by atoms with E-state index in [4.69, 9.17) is 0 Å². The molecule has 0 aliphatic heterocycles. The van der Waals surface area contributed by atoms with Gasteiger partial charge in [0.15, 0.2) is 0 Å². The van der Waals surface area contributed by atoms with Gasteiger partial charge in [0.1, 0.15) is 0 Å². The first-order valence-electron chi connectivity index (χ1n) is 7.66. The fraction of sp³-hybridized carbons (Fsp3) is 0.400. The summed E-state index contributed by atoms with van der Waals surface area (Å²) in [6.45, 7) is 11.4. The first-order chi connectivity index (χ1) is 9.50. The van der Waals surface area contributed by atoms with Crippen LogP contribution in [-0.4, -0.2) is 0 Å². The molecule has 2 aromatic rings. The molecule has 0 spiro atoms. The molecule has 2 rings (SSSR count). The summed E-state index contributed by atoms with van der Waals surface area (Å²) >= 11 is 0. The fourth-order valence-electron chi connectivity index (χ4n) is 3.06. The minimum atomic E-state index is 0.481. The first-order valence-corrected chi connectivity index (χ1v) is 7.66. The second-order valence-corrected chi connectivity index (χ2v) is 6.42. The van der Waals surface area contributed by atoms with Crippen molar-refractivity contribution in [3.63, 3.8) is 0 Å². The summed E-state index contributed by atoms with van der Waals surface area (Å²) < 4.78 is 0. The standard InChI is InChI=1S/C20H26/c1-14(2)19-13-16(5)11-12-18(19)20(15(3)4)17-9-7-6-8-10-17/h6-15,20H,1-5H3. The van der Waals surface area contributed by atoms with Crippen molar-refractivity contribution in [3.05, 3.63) is 70.8 Å². The average molecular weight is 266 g/mol. The van der Waals surface area contributed by atoms with Crippen molar-refractivity contribution in [3.8, 4) is 0 Å². The van der Waals surface area contributed by atoms with Crippen LogP contribution in [0.15, 0.2) is 48.5 Å². The molecule has 0 heterocycles. The van der Waals surface area contributed by atoms with Crippen LogP contribution in [0, 0.1) is 12.8 Å². The smallest absolute Gasteiger partial charge is 0.0115 e. The van der Waals surface area contributed by atoms with E-state index in [9.17, 15) is 0 Å². The van der Waals surface area contributed by atoms with E-state index in [1.165, 1.54) is 22.3 Å². The van der Waals surface area contributed by atoms with Gasteiger partial charge in [0, 0.05) is 5.92 Å². The van der Waals surface area contributed by atoms with Crippen molar-refractivity contribution in [2.24, 2.45) is 5.92 Å². The maximum Gasteiger partial charge on any atom is 0.0115 e. The molecule has 0 radical (unpaired) electrons. The first kappa shape index (κ1) is 14.8. The van der Waals surface area contributed by atoms with Gasteiger partial charge in [0.05, 0.1) is 0 Å². The van der Waals surface area contributed by atoms with E-state index in [0.29, 0.717) is 17.8 Å². The molecule has 0 amide bonds. The highest BCUT2D eigenvalue weighted by Crippen LogP contribution is 2.36. The number of rotatable bonds is 4. The van der Waals surface area contributed by atoms with Gasteiger partial charge in [0.2, 0.25) is 0 Å².